The molecule has 2 N–H and O–H groups in total. The van der Waals surface area contributed by atoms with Crippen LogP contribution in [0.3, 0.4) is 0 Å². The van der Waals surface area contributed by atoms with Crippen molar-refractivity contribution in [1.29, 1.82) is 0 Å². The molecule has 138 valence electrons. The first-order valence-electron chi connectivity index (χ1n) is 7.99. The molecule has 0 atom stereocenters. The molecular formula is C17H31ClN2O3Si. The van der Waals surface area contributed by atoms with E-state index in [9.17, 15) is 0 Å². The number of anilines is 1. The molecule has 0 aliphatic rings. The molecule has 0 saturated heterocycles. The van der Waals surface area contributed by atoms with Gasteiger partial charge < -0.3 is 19.0 Å². The lowest BCUT2D eigenvalue weighted by Crippen LogP contribution is -2.43. The summed E-state index contributed by atoms with van der Waals surface area (Å²) in [5.74, 6) is 0. The van der Waals surface area contributed by atoms with E-state index in [1.54, 1.807) is 21.3 Å². The number of rotatable bonds is 11. The summed E-state index contributed by atoms with van der Waals surface area (Å²) in [4.78, 5) is 2.38. The quantitative estimate of drug-likeness (QED) is 0.475. The third-order valence-corrected chi connectivity index (χ3v) is 6.75. The number of nitrogen functional groups attached to an aromatic ring is 1. The molecular weight excluding hydrogens is 344 g/mol. The summed E-state index contributed by atoms with van der Waals surface area (Å²) in [6, 6.07) is 8.72. The number of halogens is 1. The van der Waals surface area contributed by atoms with E-state index in [1.165, 1.54) is 0 Å². The molecule has 1 rings (SSSR count). The van der Waals surface area contributed by atoms with E-state index < -0.39 is 8.80 Å². The molecule has 24 heavy (non-hydrogen) atoms. The van der Waals surface area contributed by atoms with E-state index in [1.807, 2.05) is 18.2 Å². The van der Waals surface area contributed by atoms with Crippen molar-refractivity contribution in [1.82, 2.24) is 4.90 Å². The fourth-order valence-corrected chi connectivity index (χ4v) is 4.16. The SMILES string of the molecule is CCN(CC=Cc1cccc(N)c1)CCC[Si](OC)(OC)OC.Cl. The van der Waals surface area contributed by atoms with E-state index >= 15 is 0 Å². The van der Waals surface area contributed by atoms with Crippen LogP contribution in [0.5, 0.6) is 0 Å². The summed E-state index contributed by atoms with van der Waals surface area (Å²) in [5.41, 5.74) is 7.71. The molecule has 1 aromatic rings. The van der Waals surface area contributed by atoms with Gasteiger partial charge in [0, 0.05) is 39.6 Å². The lowest BCUT2D eigenvalue weighted by molar-refractivity contribution is 0.121. The van der Waals surface area contributed by atoms with Crippen molar-refractivity contribution >= 4 is 33.0 Å². The van der Waals surface area contributed by atoms with Gasteiger partial charge in [0.15, 0.2) is 0 Å². The maximum Gasteiger partial charge on any atom is 0.500 e. The number of nitrogens with two attached hydrogens (primary N) is 1. The Labute approximate surface area is 153 Å². The van der Waals surface area contributed by atoms with Gasteiger partial charge in [-0.15, -0.1) is 12.4 Å². The van der Waals surface area contributed by atoms with Crippen LogP contribution < -0.4 is 5.73 Å². The molecule has 0 spiro atoms. The Morgan fingerprint density at radius 1 is 1.17 bits per heavy atom. The monoisotopic (exact) mass is 374 g/mol. The fraction of sp³-hybridized carbons (Fsp3) is 0.529. The average molecular weight is 375 g/mol. The maximum absolute atomic E-state index is 5.79. The third kappa shape index (κ3) is 7.79. The Bertz CT molecular complexity index is 476. The summed E-state index contributed by atoms with van der Waals surface area (Å²) >= 11 is 0. The first kappa shape index (κ1) is 23.1. The third-order valence-electron chi connectivity index (χ3n) is 3.92. The zero-order chi connectivity index (χ0) is 17.1. The Hall–Kier alpha value is -0.893. The van der Waals surface area contributed by atoms with Crippen LogP contribution in [0.4, 0.5) is 5.69 Å². The van der Waals surface area contributed by atoms with Crippen LogP contribution in [0, 0.1) is 0 Å². The second kappa shape index (κ2) is 12.5. The number of hydrogen-bond donors (Lipinski definition) is 1. The largest absolute Gasteiger partial charge is 0.500 e. The lowest BCUT2D eigenvalue weighted by atomic mass is 10.2. The van der Waals surface area contributed by atoms with Crippen LogP contribution in [0.1, 0.15) is 18.9 Å². The van der Waals surface area contributed by atoms with Gasteiger partial charge in [-0.1, -0.05) is 31.2 Å². The van der Waals surface area contributed by atoms with Crippen molar-refractivity contribution in [3.8, 4) is 0 Å². The van der Waals surface area contributed by atoms with Gasteiger partial charge in [-0.3, -0.25) is 4.90 Å². The van der Waals surface area contributed by atoms with E-state index in [-0.39, 0.29) is 12.4 Å². The number of benzene rings is 1. The summed E-state index contributed by atoms with van der Waals surface area (Å²) in [5, 5.41) is 0. The molecule has 0 radical (unpaired) electrons. The fourth-order valence-electron chi connectivity index (χ4n) is 2.45. The van der Waals surface area contributed by atoms with Gasteiger partial charge in [0.1, 0.15) is 0 Å². The summed E-state index contributed by atoms with van der Waals surface area (Å²) in [6.07, 6.45) is 5.27. The minimum atomic E-state index is -2.45. The summed E-state index contributed by atoms with van der Waals surface area (Å²) in [7, 11) is 2.53. The molecule has 0 unspecified atom stereocenters. The van der Waals surface area contributed by atoms with E-state index in [0.717, 1.165) is 43.4 Å². The molecule has 0 saturated carbocycles. The minimum absolute atomic E-state index is 0. The highest BCUT2D eigenvalue weighted by atomic mass is 35.5. The zero-order valence-corrected chi connectivity index (χ0v) is 17.0. The molecule has 0 heterocycles. The van der Waals surface area contributed by atoms with Gasteiger partial charge in [-0.05, 0) is 37.2 Å². The minimum Gasteiger partial charge on any atom is -0.399 e. The normalized spacial score (nSPS) is 11.9. The lowest BCUT2D eigenvalue weighted by Gasteiger charge is -2.26. The van der Waals surface area contributed by atoms with Crippen molar-refractivity contribution in [3.05, 3.63) is 35.9 Å². The van der Waals surface area contributed by atoms with E-state index in [2.05, 4.69) is 30.0 Å². The Morgan fingerprint density at radius 2 is 1.83 bits per heavy atom. The van der Waals surface area contributed by atoms with Gasteiger partial charge in [0.25, 0.3) is 0 Å². The van der Waals surface area contributed by atoms with Crippen molar-refractivity contribution < 1.29 is 13.3 Å². The molecule has 0 aliphatic heterocycles. The van der Waals surface area contributed by atoms with Crippen molar-refractivity contribution in [2.75, 3.05) is 46.7 Å². The van der Waals surface area contributed by atoms with Crippen LogP contribution in [-0.2, 0) is 13.3 Å². The standard InChI is InChI=1S/C17H30N2O3Si.ClH/c1-5-19(13-8-14-23(20-2,21-3)22-4)12-7-10-16-9-6-11-17(18)15-16;/h6-7,9-11,15H,5,8,12-14,18H2,1-4H3;1H. The summed E-state index contributed by atoms with van der Waals surface area (Å²) in [6.45, 7) is 5.07. The Kier molecular flexibility index (Phi) is 12.0. The molecule has 0 aromatic heterocycles. The van der Waals surface area contributed by atoms with Gasteiger partial charge in [0.2, 0.25) is 0 Å². The Balaban J connectivity index is 0.00000529. The second-order valence-corrected chi connectivity index (χ2v) is 8.46. The average Bonchev–Trinajstić information content (AvgIpc) is 2.58. The highest BCUT2D eigenvalue weighted by Crippen LogP contribution is 2.15. The molecule has 0 fully saturated rings. The number of hydrogen-bond acceptors (Lipinski definition) is 5. The topological polar surface area (TPSA) is 57.0 Å². The second-order valence-electron chi connectivity index (χ2n) is 5.36. The van der Waals surface area contributed by atoms with Gasteiger partial charge in [0.05, 0.1) is 0 Å². The maximum atomic E-state index is 5.79. The number of likely N-dealkylation sites (N-methyl/N-ethyl adjacent to an activating group) is 1. The Morgan fingerprint density at radius 3 is 2.38 bits per heavy atom. The van der Waals surface area contributed by atoms with Crippen molar-refractivity contribution in [3.63, 3.8) is 0 Å². The first-order valence-corrected chi connectivity index (χ1v) is 9.92. The number of nitrogens with zero attached hydrogens (tertiary/aromatic N) is 1. The molecule has 0 amide bonds. The van der Waals surface area contributed by atoms with Crippen LogP contribution in [0.2, 0.25) is 6.04 Å². The van der Waals surface area contributed by atoms with Crippen LogP contribution in [0.15, 0.2) is 30.3 Å². The highest BCUT2D eigenvalue weighted by molar-refractivity contribution is 6.60. The first-order chi connectivity index (χ1) is 11.1. The molecule has 1 aromatic carbocycles. The van der Waals surface area contributed by atoms with Gasteiger partial charge >= 0.3 is 8.80 Å². The molecule has 7 heteroatoms. The predicted octanol–water partition coefficient (Wildman–Crippen LogP) is 3.29. The van der Waals surface area contributed by atoms with Crippen molar-refractivity contribution in [2.24, 2.45) is 0 Å². The molecule has 0 aliphatic carbocycles. The zero-order valence-electron chi connectivity index (χ0n) is 15.2. The predicted molar refractivity (Wildman–Crippen MR) is 105 cm³/mol. The van der Waals surface area contributed by atoms with Gasteiger partial charge in [-0.25, -0.2) is 0 Å². The van der Waals surface area contributed by atoms with Crippen LogP contribution >= 0.6 is 12.4 Å². The smallest absolute Gasteiger partial charge is 0.399 e. The molecule has 5 nitrogen and oxygen atoms in total. The van der Waals surface area contributed by atoms with E-state index in [4.69, 9.17) is 19.0 Å². The highest BCUT2D eigenvalue weighted by Gasteiger charge is 2.36. The van der Waals surface area contributed by atoms with E-state index in [0.29, 0.717) is 0 Å². The van der Waals surface area contributed by atoms with Gasteiger partial charge in [-0.2, -0.15) is 0 Å². The van der Waals surface area contributed by atoms with Crippen molar-refractivity contribution in [2.45, 2.75) is 19.4 Å². The van der Waals surface area contributed by atoms with Crippen LogP contribution in [0.25, 0.3) is 6.08 Å². The molecule has 0 bridgehead atoms. The van der Waals surface area contributed by atoms with Crippen LogP contribution in [-0.4, -0.2) is 54.7 Å². The summed E-state index contributed by atoms with van der Waals surface area (Å²) < 4.78 is 16.4.